The summed E-state index contributed by atoms with van der Waals surface area (Å²) in [6, 6.07) is 0. The van der Waals surface area contributed by atoms with Crippen molar-refractivity contribution < 1.29 is 31.1 Å². The van der Waals surface area contributed by atoms with Crippen LogP contribution in [0.15, 0.2) is 0 Å². The molecule has 0 unspecified atom stereocenters. The predicted molar refractivity (Wildman–Crippen MR) is 66.2 cm³/mol. The molecule has 0 rings (SSSR count). The Hall–Kier alpha value is 1.05. The van der Waals surface area contributed by atoms with Crippen molar-refractivity contribution >= 4 is 0 Å². The van der Waals surface area contributed by atoms with Crippen molar-refractivity contribution in [1.82, 2.24) is 0 Å². The second kappa shape index (κ2) is 12.1. The van der Waals surface area contributed by atoms with Crippen molar-refractivity contribution in [2.75, 3.05) is 0 Å². The number of rotatable bonds is 0. The summed E-state index contributed by atoms with van der Waals surface area (Å²) in [5, 5.41) is 0. The van der Waals surface area contributed by atoms with E-state index in [1.54, 1.807) is 0 Å². The molecule has 0 bridgehead atoms. The van der Waals surface area contributed by atoms with Crippen molar-refractivity contribution in [2.45, 2.75) is 75.7 Å². The molecule has 0 radical (unpaired) electrons. The summed E-state index contributed by atoms with van der Waals surface area (Å²) >= 11 is 0. The summed E-state index contributed by atoms with van der Waals surface area (Å²) in [5.74, 6) is 0. The monoisotopic (exact) mass is 426 g/mol. The van der Waals surface area contributed by atoms with Crippen molar-refractivity contribution in [3.8, 4) is 0 Å². The van der Waals surface area contributed by atoms with Gasteiger partial charge in [0.15, 0.2) is 0 Å². The molecule has 0 nitrogen and oxygen atoms in total. The van der Waals surface area contributed by atoms with E-state index in [-0.39, 0.29) is 31.1 Å². The second-order valence-corrected chi connectivity index (χ2v) is 6.71. The van der Waals surface area contributed by atoms with Crippen LogP contribution in [0.3, 0.4) is 0 Å². The fraction of sp³-hybridized carbons (Fsp3) is 1.00. The molecular weight excluding hydrogens is 394 g/mol. The van der Waals surface area contributed by atoms with Crippen LogP contribution >= 0.6 is 0 Å². The molecule has 0 saturated heterocycles. The zero-order chi connectivity index (χ0) is 11.7. The van der Waals surface area contributed by atoms with E-state index in [2.05, 4.69) is 69.2 Å². The molecule has 0 atom stereocenters. The van der Waals surface area contributed by atoms with Crippen LogP contribution in [0, 0.1) is 41.9 Å². The molecule has 0 spiro atoms. The Balaban J connectivity index is -0.0000000535. The molecule has 0 N–H and O–H groups in total. The topological polar surface area (TPSA) is 0 Å². The van der Waals surface area contributed by atoms with Crippen LogP contribution in [-0.2, 0) is 0 Å². The Morgan fingerprint density at radius 2 is 0.571 bits per heavy atom. The third-order valence-corrected chi connectivity index (χ3v) is 0. The molecular formula is C13H32U. The fourth-order valence-electron chi connectivity index (χ4n) is 0. The van der Waals surface area contributed by atoms with E-state index in [1.165, 1.54) is 6.42 Å². The average molecular weight is 426 g/mol. The minimum Gasteiger partial charge on any atom is -0.0656 e. The summed E-state index contributed by atoms with van der Waals surface area (Å²) in [5.41, 5.74) is 1.00. The maximum Gasteiger partial charge on any atom is 0 e. The van der Waals surface area contributed by atoms with E-state index >= 15 is 0 Å². The minimum absolute atomic E-state index is 0. The number of hydrogen-bond donors (Lipinski definition) is 0. The summed E-state index contributed by atoms with van der Waals surface area (Å²) in [6.45, 7) is 21.8. The van der Waals surface area contributed by atoms with E-state index in [0.717, 1.165) is 0 Å². The Morgan fingerprint density at radius 3 is 0.571 bits per heavy atom. The molecule has 1 heteroatoms. The van der Waals surface area contributed by atoms with Gasteiger partial charge >= 0.3 is 0 Å². The molecule has 0 aromatic carbocycles. The van der Waals surface area contributed by atoms with Gasteiger partial charge in [0.2, 0.25) is 0 Å². The van der Waals surface area contributed by atoms with Crippen molar-refractivity contribution in [1.29, 1.82) is 0 Å². The summed E-state index contributed by atoms with van der Waals surface area (Å²) in [6.07, 6.45) is 1.25. The maximum absolute atomic E-state index is 2.19. The van der Waals surface area contributed by atoms with Crippen molar-refractivity contribution in [3.63, 3.8) is 0 Å². The first kappa shape index (κ1) is 24.3. The van der Waals surface area contributed by atoms with Crippen molar-refractivity contribution in [3.05, 3.63) is 0 Å². The van der Waals surface area contributed by atoms with E-state index < -0.39 is 0 Å². The first-order valence-electron chi connectivity index (χ1n) is 5.41. The zero-order valence-corrected chi connectivity index (χ0v) is 16.4. The van der Waals surface area contributed by atoms with Crippen LogP contribution in [0.4, 0.5) is 0 Å². The van der Waals surface area contributed by atoms with Gasteiger partial charge in [0.05, 0.1) is 0 Å². The van der Waals surface area contributed by atoms with Crippen LogP contribution < -0.4 is 0 Å². The summed E-state index contributed by atoms with van der Waals surface area (Å²) in [4.78, 5) is 0. The molecule has 0 aromatic rings. The van der Waals surface area contributed by atoms with E-state index in [4.69, 9.17) is 0 Å². The first-order chi connectivity index (χ1) is 5.41. The standard InChI is InChI=1S/2C5H12.C3H8.U/c2*1-5(2,3)4;1-3-2;/h2*1-4H3;3H2,1-2H3;. The van der Waals surface area contributed by atoms with Gasteiger partial charge in [-0.2, -0.15) is 0 Å². The fourth-order valence-corrected chi connectivity index (χ4v) is 0. The van der Waals surface area contributed by atoms with Crippen LogP contribution in [0.5, 0.6) is 0 Å². The van der Waals surface area contributed by atoms with E-state index in [0.29, 0.717) is 10.8 Å². The molecule has 0 heterocycles. The van der Waals surface area contributed by atoms with Crippen LogP contribution in [0.2, 0.25) is 0 Å². The quantitative estimate of drug-likeness (QED) is 0.479. The van der Waals surface area contributed by atoms with Gasteiger partial charge in [0, 0.05) is 31.1 Å². The molecule has 0 amide bonds. The van der Waals surface area contributed by atoms with Gasteiger partial charge < -0.3 is 0 Å². The van der Waals surface area contributed by atoms with Gasteiger partial charge in [0.25, 0.3) is 0 Å². The molecule has 88 valence electrons. The van der Waals surface area contributed by atoms with Gasteiger partial charge in [-0.3, -0.25) is 0 Å². The Labute approximate surface area is 117 Å². The summed E-state index contributed by atoms with van der Waals surface area (Å²) in [7, 11) is 0. The average Bonchev–Trinajstić information content (AvgIpc) is 1.52. The van der Waals surface area contributed by atoms with Crippen LogP contribution in [0.1, 0.15) is 75.7 Å². The minimum atomic E-state index is 0. The summed E-state index contributed by atoms with van der Waals surface area (Å²) < 4.78 is 0. The molecule has 0 aromatic heterocycles. The number of hydrogen-bond acceptors (Lipinski definition) is 0. The SMILES string of the molecule is CC(C)(C)C.CC(C)(C)C.CCC.[U]. The van der Waals surface area contributed by atoms with Crippen LogP contribution in [-0.4, -0.2) is 0 Å². The largest absolute Gasteiger partial charge is 0.0656 e. The molecule has 0 fully saturated rings. The van der Waals surface area contributed by atoms with Crippen LogP contribution in [0.25, 0.3) is 0 Å². The van der Waals surface area contributed by atoms with Crippen molar-refractivity contribution in [2.24, 2.45) is 10.8 Å². The van der Waals surface area contributed by atoms with E-state index in [9.17, 15) is 0 Å². The zero-order valence-electron chi connectivity index (χ0n) is 12.2. The third kappa shape index (κ3) is 1710. The van der Waals surface area contributed by atoms with Gasteiger partial charge in [-0.25, -0.2) is 0 Å². The van der Waals surface area contributed by atoms with Gasteiger partial charge in [-0.15, -0.1) is 0 Å². The molecule has 0 aliphatic rings. The van der Waals surface area contributed by atoms with Gasteiger partial charge in [-0.1, -0.05) is 75.7 Å². The maximum atomic E-state index is 2.19. The Morgan fingerprint density at radius 1 is 0.571 bits per heavy atom. The smallest absolute Gasteiger partial charge is 0 e. The Bertz CT molecular complexity index is 58.4. The first-order valence-corrected chi connectivity index (χ1v) is 5.41. The normalized spacial score (nSPS) is 9.86. The van der Waals surface area contributed by atoms with E-state index in [1.807, 2.05) is 0 Å². The van der Waals surface area contributed by atoms with Gasteiger partial charge in [-0.05, 0) is 10.8 Å². The predicted octanol–water partition coefficient (Wildman–Crippen LogP) is 5.52. The van der Waals surface area contributed by atoms with Gasteiger partial charge in [0.1, 0.15) is 0 Å². The molecule has 14 heavy (non-hydrogen) atoms. The third-order valence-electron chi connectivity index (χ3n) is 0. The molecule has 0 saturated carbocycles. The molecule has 0 aliphatic heterocycles. The Kier molecular flexibility index (Phi) is 21.1. The molecule has 0 aliphatic carbocycles. The second-order valence-electron chi connectivity index (χ2n) is 6.71.